The van der Waals surface area contributed by atoms with Gasteiger partial charge in [0.1, 0.15) is 5.78 Å². The largest absolute Gasteiger partial charge is 0.300 e. The minimum Gasteiger partial charge on any atom is -0.300 e. The number of rotatable bonds is 4. The summed E-state index contributed by atoms with van der Waals surface area (Å²) in [5.41, 5.74) is 0.935. The van der Waals surface area contributed by atoms with Gasteiger partial charge < -0.3 is 4.79 Å². The van der Waals surface area contributed by atoms with Crippen LogP contribution in [0.25, 0.3) is 0 Å². The second-order valence-electron chi connectivity index (χ2n) is 2.06. The summed E-state index contributed by atoms with van der Waals surface area (Å²) in [7, 11) is 0. The van der Waals surface area contributed by atoms with E-state index in [1.165, 1.54) is 0 Å². The molecular weight excluding hydrogens is 136 g/mol. The molecule has 0 aromatic carbocycles. The normalized spacial score (nSPS) is 7.55. The highest BCUT2D eigenvalue weighted by atomic mass is 16.1. The van der Waals surface area contributed by atoms with E-state index in [0.29, 0.717) is 6.42 Å². The highest BCUT2D eigenvalue weighted by molar-refractivity contribution is 5.75. The molecule has 0 bridgehead atoms. The molecule has 0 N–H and O–H groups in total. The monoisotopic (exact) mass is 154 g/mol. The molecule has 1 heteroatoms. The molecule has 0 amide bonds. The molecule has 0 heterocycles. The summed E-state index contributed by atoms with van der Waals surface area (Å²) in [6.45, 7) is 12.8. The van der Waals surface area contributed by atoms with Crippen LogP contribution in [0.5, 0.6) is 0 Å². The Balaban J connectivity index is 0. The molecule has 0 aromatic heterocycles. The Hall–Kier alpha value is -0.850. The van der Waals surface area contributed by atoms with Crippen molar-refractivity contribution in [3.63, 3.8) is 0 Å². The number of carbonyl (C=O) groups excluding carboxylic acids is 1. The molecule has 1 nitrogen and oxygen atoms in total. The Morgan fingerprint density at radius 1 is 1.36 bits per heavy atom. The molecule has 0 aliphatic carbocycles. The van der Waals surface area contributed by atoms with Gasteiger partial charge >= 0.3 is 0 Å². The Labute approximate surface area is 69.8 Å². The van der Waals surface area contributed by atoms with Gasteiger partial charge in [-0.3, -0.25) is 0 Å². The third-order valence-electron chi connectivity index (χ3n) is 1.09. The van der Waals surface area contributed by atoms with E-state index >= 15 is 0 Å². The Bertz CT molecular complexity index is 134. The maximum atomic E-state index is 10.4. The van der Waals surface area contributed by atoms with E-state index in [0.717, 1.165) is 12.0 Å². The van der Waals surface area contributed by atoms with Gasteiger partial charge in [0.15, 0.2) is 0 Å². The zero-order valence-corrected chi connectivity index (χ0v) is 7.81. The van der Waals surface area contributed by atoms with Gasteiger partial charge in [-0.05, 0) is 13.3 Å². The van der Waals surface area contributed by atoms with E-state index in [-0.39, 0.29) is 5.78 Å². The second kappa shape index (κ2) is 9.15. The number of Topliss-reactive ketones (excluding diaryl/α,β-unsaturated/α-hetero) is 1. The lowest BCUT2D eigenvalue weighted by Gasteiger charge is -1.93. The van der Waals surface area contributed by atoms with Crippen molar-refractivity contribution in [2.75, 3.05) is 0 Å². The van der Waals surface area contributed by atoms with E-state index < -0.39 is 0 Å². The van der Waals surface area contributed by atoms with Crippen molar-refractivity contribution in [1.82, 2.24) is 0 Å². The predicted octanol–water partition coefficient (Wildman–Crippen LogP) is 3.12. The summed E-state index contributed by atoms with van der Waals surface area (Å²) >= 11 is 0. The standard InChI is InChI=1S/C8H12O.C2H6/c1-4-7(2)5-6-8(3)9;1-2/h4H,1-2,5-6H2,3H3;1-2H3. The molecule has 0 spiro atoms. The minimum atomic E-state index is 0.206. The molecule has 0 saturated heterocycles. The van der Waals surface area contributed by atoms with Gasteiger partial charge in [-0.1, -0.05) is 38.7 Å². The molecule has 0 aliphatic rings. The number of hydrogen-bond donors (Lipinski definition) is 0. The van der Waals surface area contributed by atoms with Crippen LogP contribution in [0.3, 0.4) is 0 Å². The first-order valence-electron chi connectivity index (χ1n) is 3.96. The topological polar surface area (TPSA) is 17.1 Å². The van der Waals surface area contributed by atoms with Gasteiger partial charge in [-0.2, -0.15) is 0 Å². The number of carbonyl (C=O) groups is 1. The molecule has 0 atom stereocenters. The summed E-state index contributed by atoms with van der Waals surface area (Å²) in [4.78, 5) is 10.4. The molecular formula is C10H18O. The van der Waals surface area contributed by atoms with Crippen molar-refractivity contribution in [3.8, 4) is 0 Å². The highest BCUT2D eigenvalue weighted by Crippen LogP contribution is 2.02. The summed E-state index contributed by atoms with van der Waals surface area (Å²) < 4.78 is 0. The SMILES string of the molecule is C=CC(=C)CCC(C)=O.CC. The molecule has 0 fully saturated rings. The smallest absolute Gasteiger partial charge is 0.130 e. The molecule has 0 rings (SSSR count). The fourth-order valence-corrected chi connectivity index (χ4v) is 0.439. The fraction of sp³-hybridized carbons (Fsp3) is 0.500. The van der Waals surface area contributed by atoms with Gasteiger partial charge in [0.25, 0.3) is 0 Å². The van der Waals surface area contributed by atoms with Crippen molar-refractivity contribution in [2.45, 2.75) is 33.6 Å². The van der Waals surface area contributed by atoms with Crippen molar-refractivity contribution in [1.29, 1.82) is 0 Å². The van der Waals surface area contributed by atoms with Crippen molar-refractivity contribution in [3.05, 3.63) is 24.8 Å². The van der Waals surface area contributed by atoms with Crippen LogP contribution < -0.4 is 0 Å². The van der Waals surface area contributed by atoms with Gasteiger partial charge in [0.05, 0.1) is 0 Å². The van der Waals surface area contributed by atoms with Crippen molar-refractivity contribution >= 4 is 5.78 Å². The van der Waals surface area contributed by atoms with Crippen LogP contribution in [0.2, 0.25) is 0 Å². The van der Waals surface area contributed by atoms with Crippen LogP contribution >= 0.6 is 0 Å². The minimum absolute atomic E-state index is 0.206. The van der Waals surface area contributed by atoms with Gasteiger partial charge in [0.2, 0.25) is 0 Å². The van der Waals surface area contributed by atoms with Crippen LogP contribution in [0.1, 0.15) is 33.6 Å². The van der Waals surface area contributed by atoms with Crippen LogP contribution in [-0.4, -0.2) is 5.78 Å². The zero-order valence-electron chi connectivity index (χ0n) is 7.81. The molecule has 0 aromatic rings. The lowest BCUT2D eigenvalue weighted by Crippen LogP contribution is -1.88. The third kappa shape index (κ3) is 12.4. The summed E-state index contributed by atoms with van der Waals surface area (Å²) in [6, 6.07) is 0. The maximum Gasteiger partial charge on any atom is 0.130 e. The Morgan fingerprint density at radius 3 is 2.09 bits per heavy atom. The molecule has 0 radical (unpaired) electrons. The molecule has 0 unspecified atom stereocenters. The highest BCUT2D eigenvalue weighted by Gasteiger charge is 1.92. The Morgan fingerprint density at radius 2 is 1.82 bits per heavy atom. The van der Waals surface area contributed by atoms with E-state index in [1.54, 1.807) is 13.0 Å². The first-order chi connectivity index (χ1) is 5.16. The van der Waals surface area contributed by atoms with Crippen molar-refractivity contribution < 1.29 is 4.79 Å². The average Bonchev–Trinajstić information content (AvgIpc) is 2.04. The van der Waals surface area contributed by atoms with Crippen LogP contribution in [-0.2, 0) is 4.79 Å². The Kier molecular flexibility index (Phi) is 10.6. The van der Waals surface area contributed by atoms with Gasteiger partial charge in [-0.15, -0.1) is 0 Å². The quantitative estimate of drug-likeness (QED) is 0.568. The fourth-order valence-electron chi connectivity index (χ4n) is 0.439. The molecule has 0 aliphatic heterocycles. The van der Waals surface area contributed by atoms with Crippen LogP contribution in [0, 0.1) is 0 Å². The lowest BCUT2D eigenvalue weighted by atomic mass is 10.1. The third-order valence-corrected chi connectivity index (χ3v) is 1.09. The first kappa shape index (κ1) is 12.8. The van der Waals surface area contributed by atoms with Gasteiger partial charge in [-0.25, -0.2) is 0 Å². The van der Waals surface area contributed by atoms with E-state index in [4.69, 9.17) is 0 Å². The zero-order chi connectivity index (χ0) is 9.28. The molecule has 0 saturated carbocycles. The summed E-state index contributed by atoms with van der Waals surface area (Å²) in [5.74, 6) is 0.206. The van der Waals surface area contributed by atoms with Gasteiger partial charge in [0, 0.05) is 6.42 Å². The number of hydrogen-bond acceptors (Lipinski definition) is 1. The average molecular weight is 154 g/mol. The molecule has 64 valence electrons. The maximum absolute atomic E-state index is 10.4. The van der Waals surface area contributed by atoms with Crippen LogP contribution in [0.4, 0.5) is 0 Å². The number of allylic oxidation sites excluding steroid dienone is 2. The molecule has 11 heavy (non-hydrogen) atoms. The lowest BCUT2D eigenvalue weighted by molar-refractivity contribution is -0.116. The second-order valence-corrected chi connectivity index (χ2v) is 2.06. The summed E-state index contributed by atoms with van der Waals surface area (Å²) in [6.07, 6.45) is 3.02. The summed E-state index contributed by atoms with van der Waals surface area (Å²) in [5, 5.41) is 0. The predicted molar refractivity (Wildman–Crippen MR) is 50.6 cm³/mol. The van der Waals surface area contributed by atoms with E-state index in [1.807, 2.05) is 13.8 Å². The van der Waals surface area contributed by atoms with Crippen LogP contribution in [0.15, 0.2) is 24.8 Å². The van der Waals surface area contributed by atoms with Crippen molar-refractivity contribution in [2.24, 2.45) is 0 Å². The first-order valence-corrected chi connectivity index (χ1v) is 3.96. The van der Waals surface area contributed by atoms with E-state index in [2.05, 4.69) is 13.2 Å². The van der Waals surface area contributed by atoms with E-state index in [9.17, 15) is 4.79 Å². The number of ketones is 1.